The second-order valence-corrected chi connectivity index (χ2v) is 16.3. The molecule has 8 aromatic carbocycles. The van der Waals surface area contributed by atoms with Crippen LogP contribution in [-0.2, 0) is 17.6 Å². The predicted octanol–water partition coefficient (Wildman–Crippen LogP) is 11.5. The third kappa shape index (κ3) is 7.99. The molecule has 0 heterocycles. The van der Waals surface area contributed by atoms with Gasteiger partial charge in [-0.15, -0.1) is 0 Å². The molecule has 0 bridgehead atoms. The van der Waals surface area contributed by atoms with E-state index in [1.165, 1.54) is 12.1 Å². The van der Waals surface area contributed by atoms with Gasteiger partial charge in [-0.1, -0.05) is 84.9 Å². The maximum absolute atomic E-state index is 14.5. The monoisotopic (exact) mass is 914 g/mol. The zero-order chi connectivity index (χ0) is 48.1. The molecule has 0 spiro atoms. The van der Waals surface area contributed by atoms with E-state index in [2.05, 4.69) is 0 Å². The minimum atomic E-state index is -1.42. The largest absolute Gasteiger partial charge is 0.478 e. The van der Waals surface area contributed by atoms with Crippen molar-refractivity contribution >= 4 is 35.8 Å². The molecule has 4 N–H and O–H groups in total. The third-order valence-electron chi connectivity index (χ3n) is 12.3. The topological polar surface area (TPSA) is 211 Å². The van der Waals surface area contributed by atoms with Crippen molar-refractivity contribution < 1.29 is 63.4 Å². The van der Waals surface area contributed by atoms with Crippen LogP contribution in [0.4, 0.5) is 0 Å². The summed E-state index contributed by atoms with van der Waals surface area (Å²) in [5.41, 5.74) is 8.56. The Labute approximate surface area is 391 Å². The lowest BCUT2D eigenvalue weighted by atomic mass is 9.90. The Morgan fingerprint density at radius 3 is 1.07 bits per heavy atom. The molecule has 10 rings (SSSR count). The third-order valence-corrected chi connectivity index (χ3v) is 12.3. The number of hydrogen-bond donors (Lipinski definition) is 4. The number of benzene rings is 8. The number of carbonyl (C=O) groups is 6. The van der Waals surface area contributed by atoms with Crippen molar-refractivity contribution in [1.29, 1.82) is 0 Å². The Kier molecular flexibility index (Phi) is 10.9. The molecule has 13 nitrogen and oxygen atoms in total. The molecule has 2 aliphatic carbocycles. The molecule has 69 heavy (non-hydrogen) atoms. The first kappa shape index (κ1) is 43.3. The van der Waals surface area contributed by atoms with Crippen molar-refractivity contribution in [3.8, 4) is 67.5 Å². The summed E-state index contributed by atoms with van der Waals surface area (Å²) < 4.78 is 17.7. The summed E-state index contributed by atoms with van der Waals surface area (Å²) in [7, 11) is 0. The van der Waals surface area contributed by atoms with E-state index in [1.807, 2.05) is 60.7 Å². The second kappa shape index (κ2) is 17.3. The molecule has 2 aliphatic rings. The Bertz CT molecular complexity index is 3280. The fourth-order valence-electron chi connectivity index (χ4n) is 9.17. The summed E-state index contributed by atoms with van der Waals surface area (Å²) in [6, 6.07) is 43.5. The molecule has 0 unspecified atom stereocenters. The van der Waals surface area contributed by atoms with Gasteiger partial charge in [0.1, 0.15) is 23.0 Å². The number of aromatic carboxylic acids is 4. The van der Waals surface area contributed by atoms with E-state index < -0.39 is 46.9 Å². The molecule has 0 aromatic heterocycles. The minimum absolute atomic E-state index is 0.101. The molecule has 0 saturated carbocycles. The maximum Gasteiger partial charge on any atom is 0.346 e. The van der Waals surface area contributed by atoms with E-state index in [0.29, 0.717) is 46.6 Å². The van der Waals surface area contributed by atoms with E-state index in [1.54, 1.807) is 60.7 Å². The molecule has 0 radical (unpaired) electrons. The van der Waals surface area contributed by atoms with Crippen molar-refractivity contribution in [2.24, 2.45) is 0 Å². The number of fused-ring (bicyclic) bond motifs is 6. The molecule has 0 saturated heterocycles. The van der Waals surface area contributed by atoms with Gasteiger partial charge in [0.15, 0.2) is 0 Å². The zero-order valence-electron chi connectivity index (χ0n) is 35.9. The van der Waals surface area contributed by atoms with Gasteiger partial charge in [0.05, 0.1) is 33.4 Å². The molecular weight excluding hydrogens is 881 g/mol. The molecule has 0 atom stereocenters. The number of esters is 2. The van der Waals surface area contributed by atoms with Crippen molar-refractivity contribution in [3.05, 3.63) is 213 Å². The number of ether oxygens (including phenoxy) is 3. The van der Waals surface area contributed by atoms with Crippen LogP contribution in [0.15, 0.2) is 158 Å². The van der Waals surface area contributed by atoms with Crippen molar-refractivity contribution in [1.82, 2.24) is 0 Å². The van der Waals surface area contributed by atoms with Gasteiger partial charge in [-0.3, -0.25) is 0 Å². The number of carbonyl (C=O) groups excluding carboxylic acids is 2. The van der Waals surface area contributed by atoms with Crippen molar-refractivity contribution in [2.75, 3.05) is 0 Å². The Balaban J connectivity index is 0.985. The van der Waals surface area contributed by atoms with Gasteiger partial charge in [0.25, 0.3) is 0 Å². The average molecular weight is 915 g/mol. The molecule has 8 aromatic rings. The van der Waals surface area contributed by atoms with E-state index in [9.17, 15) is 49.2 Å². The van der Waals surface area contributed by atoms with Crippen LogP contribution in [-0.4, -0.2) is 56.2 Å². The fourth-order valence-corrected chi connectivity index (χ4v) is 9.17. The Hall–Kier alpha value is -9.62. The van der Waals surface area contributed by atoms with Crippen molar-refractivity contribution in [3.63, 3.8) is 0 Å². The van der Waals surface area contributed by atoms with E-state index in [-0.39, 0.29) is 33.8 Å². The van der Waals surface area contributed by atoms with Crippen LogP contribution >= 0.6 is 0 Å². The van der Waals surface area contributed by atoms with Crippen LogP contribution in [0.5, 0.6) is 23.0 Å². The van der Waals surface area contributed by atoms with Gasteiger partial charge in [0, 0.05) is 11.1 Å². The van der Waals surface area contributed by atoms with Crippen LogP contribution in [0.1, 0.15) is 84.4 Å². The summed E-state index contributed by atoms with van der Waals surface area (Å²) in [6.07, 6.45) is 0.983. The van der Waals surface area contributed by atoms with E-state index >= 15 is 0 Å². The van der Waals surface area contributed by atoms with E-state index in [4.69, 9.17) is 14.2 Å². The smallest absolute Gasteiger partial charge is 0.346 e. The summed E-state index contributed by atoms with van der Waals surface area (Å²) in [4.78, 5) is 75.9. The average Bonchev–Trinajstić information content (AvgIpc) is 3.92. The predicted molar refractivity (Wildman–Crippen MR) is 251 cm³/mol. The molecule has 0 amide bonds. The Morgan fingerprint density at radius 2 is 0.696 bits per heavy atom. The number of rotatable bonds is 12. The van der Waals surface area contributed by atoms with E-state index in [0.717, 1.165) is 68.8 Å². The Morgan fingerprint density at radius 1 is 0.348 bits per heavy atom. The van der Waals surface area contributed by atoms with Gasteiger partial charge in [-0.2, -0.15) is 0 Å². The highest BCUT2D eigenvalue weighted by atomic mass is 16.6. The highest BCUT2D eigenvalue weighted by Gasteiger charge is 2.31. The SMILES string of the molecule is O=C(O)c1ccc(Oc2ccc(-c3c(C(=O)OC(=O)c4ccc5c(c4-c4ccc(Oc6ccc(C(=O)O)c(C(=O)O)c6)cc4)Cc4ccccc4-5)ccc4c3Cc3ccccc3-4)cc2)cc1C(=O)O. The molecule has 0 aliphatic heterocycles. The van der Waals surface area contributed by atoms with Crippen LogP contribution in [0.25, 0.3) is 44.5 Å². The van der Waals surface area contributed by atoms with Crippen LogP contribution in [0, 0.1) is 0 Å². The molecule has 0 fully saturated rings. The van der Waals surface area contributed by atoms with Crippen LogP contribution in [0.2, 0.25) is 0 Å². The quantitative estimate of drug-likeness (QED) is 0.0664. The minimum Gasteiger partial charge on any atom is -0.478 e. The fraction of sp³-hybridized carbons (Fsp3) is 0.0357. The normalized spacial score (nSPS) is 11.7. The molecule has 336 valence electrons. The standard InChI is InChI=1S/C56H34O13/c57-51(58)41-19-17-35(27-47(41)53(61)62)67-33-13-9-29(10-14-33)49-43(23-21-39-37-7-3-1-5-31(37)25-45(39)49)55(65)69-56(66)44-24-22-40-38-8-4-2-6-32(38)26-46(40)50(44)30-11-15-34(16-12-30)68-36-18-20-42(52(59)60)48(28-36)54(63)64/h1-24,27-28H,25-26H2,(H,57,58)(H,59,60)(H,61,62)(H,63,64). The summed E-state index contributed by atoms with van der Waals surface area (Å²) >= 11 is 0. The first-order valence-electron chi connectivity index (χ1n) is 21.4. The summed E-state index contributed by atoms with van der Waals surface area (Å²) in [6.45, 7) is 0. The van der Waals surface area contributed by atoms with Crippen molar-refractivity contribution in [2.45, 2.75) is 12.8 Å². The number of hydrogen-bond acceptors (Lipinski definition) is 9. The zero-order valence-corrected chi connectivity index (χ0v) is 35.9. The molecule has 13 heteroatoms. The number of carboxylic acids is 4. The molecular formula is C56H34O13. The van der Waals surface area contributed by atoms with Gasteiger partial charge >= 0.3 is 35.8 Å². The lowest BCUT2D eigenvalue weighted by Crippen LogP contribution is -2.16. The number of carboxylic acid groups (broad SMARTS) is 4. The lowest BCUT2D eigenvalue weighted by molar-refractivity contribution is 0.0396. The van der Waals surface area contributed by atoms with Gasteiger partial charge in [0.2, 0.25) is 0 Å². The summed E-state index contributed by atoms with van der Waals surface area (Å²) in [5, 5.41) is 38.1. The lowest BCUT2D eigenvalue weighted by Gasteiger charge is -2.17. The highest BCUT2D eigenvalue weighted by molar-refractivity contribution is 6.10. The van der Waals surface area contributed by atoms with Gasteiger partial charge < -0.3 is 34.6 Å². The maximum atomic E-state index is 14.5. The summed E-state index contributed by atoms with van der Waals surface area (Å²) in [5.74, 6) is -6.59. The van der Waals surface area contributed by atoms with Crippen LogP contribution in [0.3, 0.4) is 0 Å². The van der Waals surface area contributed by atoms with Gasteiger partial charge in [-0.05, 0) is 141 Å². The first-order chi connectivity index (χ1) is 33.3. The second-order valence-electron chi connectivity index (χ2n) is 16.3. The van der Waals surface area contributed by atoms with Gasteiger partial charge in [-0.25, -0.2) is 28.8 Å². The van der Waals surface area contributed by atoms with Crippen LogP contribution < -0.4 is 9.47 Å². The first-order valence-corrected chi connectivity index (χ1v) is 21.4. The highest BCUT2D eigenvalue weighted by Crippen LogP contribution is 2.46.